The zero-order chi connectivity index (χ0) is 19.4. The summed E-state index contributed by atoms with van der Waals surface area (Å²) in [4.78, 5) is 0. The van der Waals surface area contributed by atoms with Crippen molar-refractivity contribution in [2.45, 2.75) is 11.0 Å². The molecule has 0 N–H and O–H groups in total. The molecule has 0 saturated carbocycles. The highest BCUT2D eigenvalue weighted by Gasteiger charge is 2.18. The number of aromatic nitrogens is 2. The van der Waals surface area contributed by atoms with Crippen LogP contribution in [0.15, 0.2) is 44.4 Å². The third kappa shape index (κ3) is 4.36. The molecule has 0 spiro atoms. The Morgan fingerprint density at radius 3 is 2.37 bits per heavy atom. The topological polar surface area (TPSA) is 66.6 Å². The first kappa shape index (κ1) is 19.5. The number of methoxy groups -OCH3 is 3. The second-order valence-electron chi connectivity index (χ2n) is 5.31. The Bertz CT molecular complexity index is 926. The first-order chi connectivity index (χ1) is 13.0. The van der Waals surface area contributed by atoms with Gasteiger partial charge in [0.15, 0.2) is 11.5 Å². The molecule has 0 fully saturated rings. The highest BCUT2D eigenvalue weighted by molar-refractivity contribution is 9.10. The number of rotatable bonds is 7. The van der Waals surface area contributed by atoms with E-state index in [4.69, 9.17) is 18.6 Å². The van der Waals surface area contributed by atoms with Crippen molar-refractivity contribution in [3.05, 3.63) is 46.2 Å². The van der Waals surface area contributed by atoms with Gasteiger partial charge in [-0.1, -0.05) is 27.7 Å². The number of hydrogen-bond acceptors (Lipinski definition) is 7. The van der Waals surface area contributed by atoms with Gasteiger partial charge in [0.1, 0.15) is 5.82 Å². The van der Waals surface area contributed by atoms with Crippen LogP contribution in [-0.2, 0) is 5.75 Å². The maximum Gasteiger partial charge on any atom is 0.277 e. The largest absolute Gasteiger partial charge is 0.493 e. The molecule has 3 aromatic rings. The Hall–Kier alpha value is -2.26. The summed E-state index contributed by atoms with van der Waals surface area (Å²) in [5.74, 6) is 1.82. The monoisotopic (exact) mass is 454 g/mol. The summed E-state index contributed by atoms with van der Waals surface area (Å²) in [7, 11) is 4.59. The van der Waals surface area contributed by atoms with Crippen molar-refractivity contribution < 1.29 is 23.0 Å². The summed E-state index contributed by atoms with van der Waals surface area (Å²) in [6.45, 7) is 0. The molecule has 0 unspecified atom stereocenters. The number of benzene rings is 2. The minimum atomic E-state index is -0.282. The molecule has 0 bridgehead atoms. The van der Waals surface area contributed by atoms with Crippen LogP contribution in [0.3, 0.4) is 0 Å². The molecule has 1 aromatic heterocycles. The van der Waals surface area contributed by atoms with E-state index in [2.05, 4.69) is 26.1 Å². The summed E-state index contributed by atoms with van der Waals surface area (Å²) in [6.07, 6.45) is 0. The minimum Gasteiger partial charge on any atom is -0.493 e. The number of thioether (sulfide) groups is 1. The van der Waals surface area contributed by atoms with Crippen molar-refractivity contribution >= 4 is 27.7 Å². The molecule has 27 heavy (non-hydrogen) atoms. The Balaban J connectivity index is 1.82. The molecule has 142 valence electrons. The normalized spacial score (nSPS) is 10.7. The minimum absolute atomic E-state index is 0.282. The van der Waals surface area contributed by atoms with Gasteiger partial charge < -0.3 is 18.6 Å². The van der Waals surface area contributed by atoms with Crippen LogP contribution in [0.2, 0.25) is 0 Å². The molecule has 1 heterocycles. The van der Waals surface area contributed by atoms with Crippen molar-refractivity contribution in [2.24, 2.45) is 0 Å². The standard InChI is InChI=1S/C18H16BrFN2O4S/c1-23-14-7-10(8-15(24-2)16(14)25-3)17-21-22-18(26-17)27-9-11-6-12(19)4-5-13(11)20/h4-8H,9H2,1-3H3. The van der Waals surface area contributed by atoms with Crippen molar-refractivity contribution in [3.63, 3.8) is 0 Å². The first-order valence-corrected chi connectivity index (χ1v) is 9.54. The van der Waals surface area contributed by atoms with Crippen LogP contribution in [0, 0.1) is 5.82 Å². The lowest BCUT2D eigenvalue weighted by molar-refractivity contribution is 0.324. The van der Waals surface area contributed by atoms with Crippen molar-refractivity contribution in [3.8, 4) is 28.7 Å². The van der Waals surface area contributed by atoms with Gasteiger partial charge in [0, 0.05) is 15.8 Å². The fourth-order valence-electron chi connectivity index (χ4n) is 2.38. The van der Waals surface area contributed by atoms with Crippen LogP contribution < -0.4 is 14.2 Å². The lowest BCUT2D eigenvalue weighted by Crippen LogP contribution is -1.95. The zero-order valence-electron chi connectivity index (χ0n) is 14.8. The van der Waals surface area contributed by atoms with E-state index >= 15 is 0 Å². The number of halogens is 2. The molecular weight excluding hydrogens is 439 g/mol. The summed E-state index contributed by atoms with van der Waals surface area (Å²) in [5.41, 5.74) is 1.17. The molecular formula is C18H16BrFN2O4S. The molecule has 6 nitrogen and oxygen atoms in total. The molecule has 0 radical (unpaired) electrons. The fraction of sp³-hybridized carbons (Fsp3) is 0.222. The van der Waals surface area contributed by atoms with Crippen LogP contribution in [0.25, 0.3) is 11.5 Å². The fourth-order valence-corrected chi connectivity index (χ4v) is 3.53. The van der Waals surface area contributed by atoms with Crippen LogP contribution in [0.4, 0.5) is 4.39 Å². The van der Waals surface area contributed by atoms with E-state index < -0.39 is 0 Å². The Kier molecular flexibility index (Phi) is 6.22. The van der Waals surface area contributed by atoms with Crippen LogP contribution in [0.5, 0.6) is 17.2 Å². The molecule has 9 heteroatoms. The second kappa shape index (κ2) is 8.62. The van der Waals surface area contributed by atoms with Gasteiger partial charge >= 0.3 is 0 Å². The Labute approximate surface area is 168 Å². The molecule has 3 rings (SSSR count). The van der Waals surface area contributed by atoms with E-state index in [1.54, 1.807) is 24.3 Å². The van der Waals surface area contributed by atoms with Gasteiger partial charge in [-0.05, 0) is 35.9 Å². The molecule has 0 atom stereocenters. The van der Waals surface area contributed by atoms with E-state index in [0.29, 0.717) is 45.2 Å². The number of nitrogens with zero attached hydrogens (tertiary/aromatic N) is 2. The van der Waals surface area contributed by atoms with Gasteiger partial charge in [-0.3, -0.25) is 0 Å². The smallest absolute Gasteiger partial charge is 0.277 e. The van der Waals surface area contributed by atoms with E-state index in [0.717, 1.165) is 4.47 Å². The van der Waals surface area contributed by atoms with Gasteiger partial charge in [-0.15, -0.1) is 10.2 Å². The van der Waals surface area contributed by atoms with Crippen LogP contribution in [-0.4, -0.2) is 31.5 Å². The van der Waals surface area contributed by atoms with Gasteiger partial charge in [0.25, 0.3) is 5.22 Å². The zero-order valence-corrected chi connectivity index (χ0v) is 17.2. The van der Waals surface area contributed by atoms with Gasteiger partial charge in [0.05, 0.1) is 21.3 Å². The van der Waals surface area contributed by atoms with Gasteiger partial charge in [0.2, 0.25) is 11.6 Å². The van der Waals surface area contributed by atoms with Crippen molar-refractivity contribution in [2.75, 3.05) is 21.3 Å². The summed E-state index contributed by atoms with van der Waals surface area (Å²) in [6, 6.07) is 8.22. The lowest BCUT2D eigenvalue weighted by atomic mass is 10.2. The predicted molar refractivity (Wildman–Crippen MR) is 103 cm³/mol. The number of ether oxygens (including phenoxy) is 3. The van der Waals surface area contributed by atoms with Gasteiger partial charge in [-0.25, -0.2) is 4.39 Å². The SMILES string of the molecule is COc1cc(-c2nnc(SCc3cc(Br)ccc3F)o2)cc(OC)c1OC. The van der Waals surface area contributed by atoms with Crippen LogP contribution >= 0.6 is 27.7 Å². The van der Waals surface area contributed by atoms with E-state index in [-0.39, 0.29) is 5.82 Å². The third-order valence-corrected chi connectivity index (χ3v) is 5.04. The summed E-state index contributed by atoms with van der Waals surface area (Å²) >= 11 is 4.59. The van der Waals surface area contributed by atoms with Crippen molar-refractivity contribution in [1.82, 2.24) is 10.2 Å². The van der Waals surface area contributed by atoms with E-state index in [1.807, 2.05) is 0 Å². The second-order valence-corrected chi connectivity index (χ2v) is 7.15. The highest BCUT2D eigenvalue weighted by atomic mass is 79.9. The third-order valence-electron chi connectivity index (χ3n) is 3.68. The Morgan fingerprint density at radius 1 is 1.04 bits per heavy atom. The molecule has 2 aromatic carbocycles. The molecule has 0 aliphatic heterocycles. The maximum absolute atomic E-state index is 13.8. The van der Waals surface area contributed by atoms with Gasteiger partial charge in [-0.2, -0.15) is 0 Å². The maximum atomic E-state index is 13.8. The number of hydrogen-bond donors (Lipinski definition) is 0. The predicted octanol–water partition coefficient (Wildman–Crippen LogP) is 4.96. The lowest BCUT2D eigenvalue weighted by Gasteiger charge is -2.12. The van der Waals surface area contributed by atoms with Crippen molar-refractivity contribution in [1.29, 1.82) is 0 Å². The molecule has 0 aliphatic rings. The van der Waals surface area contributed by atoms with Crippen LogP contribution in [0.1, 0.15) is 5.56 Å². The summed E-state index contributed by atoms with van der Waals surface area (Å²) in [5, 5.41) is 8.40. The highest BCUT2D eigenvalue weighted by Crippen LogP contribution is 2.41. The van der Waals surface area contributed by atoms with E-state index in [9.17, 15) is 4.39 Å². The average molecular weight is 455 g/mol. The summed E-state index contributed by atoms with van der Waals surface area (Å²) < 4.78 is 36.3. The molecule has 0 amide bonds. The van der Waals surface area contributed by atoms with E-state index in [1.165, 1.54) is 39.2 Å². The quantitative estimate of drug-likeness (QED) is 0.467. The molecule has 0 aliphatic carbocycles. The average Bonchev–Trinajstić information content (AvgIpc) is 3.16. The first-order valence-electron chi connectivity index (χ1n) is 7.76. The Morgan fingerprint density at radius 2 is 1.74 bits per heavy atom. The molecule has 0 saturated heterocycles.